The Morgan fingerprint density at radius 3 is 2.92 bits per heavy atom. The monoisotopic (exact) mass is 395 g/mol. The number of aliphatic imine (C=N–C) groups is 1. The number of likely N-dealkylation sites (tertiary alicyclic amines) is 1. The first-order valence-electron chi connectivity index (χ1n) is 8.74. The highest BCUT2D eigenvalue weighted by Gasteiger charge is 2.26. The van der Waals surface area contributed by atoms with Crippen LogP contribution in [0.4, 0.5) is 0 Å². The van der Waals surface area contributed by atoms with Crippen LogP contribution in [0.2, 0.25) is 0 Å². The zero-order valence-corrected chi connectivity index (χ0v) is 16.9. The van der Waals surface area contributed by atoms with Gasteiger partial charge in [-0.25, -0.2) is 0 Å². The van der Waals surface area contributed by atoms with Gasteiger partial charge in [0.2, 0.25) is 0 Å². The number of hydrogen-bond acceptors (Lipinski definition) is 2. The van der Waals surface area contributed by atoms with Crippen LogP contribution in [0.3, 0.4) is 0 Å². The SMILES string of the molecule is CCNC(=NCC(C)(C)c1cccc(Br)c1)N1CCC(COC)C1. The molecule has 1 aromatic rings. The van der Waals surface area contributed by atoms with Gasteiger partial charge in [-0.3, -0.25) is 4.99 Å². The van der Waals surface area contributed by atoms with E-state index in [9.17, 15) is 0 Å². The highest BCUT2D eigenvalue weighted by Crippen LogP contribution is 2.26. The Kier molecular flexibility index (Phi) is 7.11. The van der Waals surface area contributed by atoms with Crippen molar-refractivity contribution in [1.82, 2.24) is 10.2 Å². The summed E-state index contributed by atoms with van der Waals surface area (Å²) < 4.78 is 6.42. The zero-order valence-electron chi connectivity index (χ0n) is 15.3. The molecule has 1 heterocycles. The largest absolute Gasteiger partial charge is 0.384 e. The minimum Gasteiger partial charge on any atom is -0.384 e. The lowest BCUT2D eigenvalue weighted by Gasteiger charge is -2.26. The van der Waals surface area contributed by atoms with Gasteiger partial charge in [0.15, 0.2) is 5.96 Å². The molecular weight excluding hydrogens is 366 g/mol. The maximum atomic E-state index is 5.31. The summed E-state index contributed by atoms with van der Waals surface area (Å²) in [6.45, 7) is 11.2. The van der Waals surface area contributed by atoms with Crippen molar-refractivity contribution in [2.24, 2.45) is 10.9 Å². The Labute approximate surface area is 154 Å². The molecule has 4 nitrogen and oxygen atoms in total. The van der Waals surface area contributed by atoms with Gasteiger partial charge >= 0.3 is 0 Å². The van der Waals surface area contributed by atoms with E-state index in [0.717, 1.165) is 43.2 Å². The van der Waals surface area contributed by atoms with Gasteiger partial charge in [-0.2, -0.15) is 0 Å². The van der Waals surface area contributed by atoms with Crippen LogP contribution >= 0.6 is 15.9 Å². The number of nitrogens with zero attached hydrogens (tertiary/aromatic N) is 2. The van der Waals surface area contributed by atoms with E-state index in [1.165, 1.54) is 12.0 Å². The number of guanidine groups is 1. The molecule has 1 fully saturated rings. The van der Waals surface area contributed by atoms with E-state index in [4.69, 9.17) is 9.73 Å². The molecule has 0 saturated carbocycles. The molecule has 0 aromatic heterocycles. The second-order valence-corrected chi connectivity index (χ2v) is 8.04. The molecular formula is C19H30BrN3O. The van der Waals surface area contributed by atoms with Crippen molar-refractivity contribution in [3.63, 3.8) is 0 Å². The molecule has 2 rings (SSSR count). The van der Waals surface area contributed by atoms with Gasteiger partial charge < -0.3 is 15.0 Å². The number of benzene rings is 1. The number of hydrogen-bond donors (Lipinski definition) is 1. The lowest BCUT2D eigenvalue weighted by molar-refractivity contribution is 0.157. The molecule has 0 bridgehead atoms. The number of methoxy groups -OCH3 is 1. The fourth-order valence-corrected chi connectivity index (χ4v) is 3.50. The second-order valence-electron chi connectivity index (χ2n) is 7.12. The molecule has 134 valence electrons. The van der Waals surface area contributed by atoms with Crippen LogP contribution in [0, 0.1) is 5.92 Å². The predicted octanol–water partition coefficient (Wildman–Crippen LogP) is 3.66. The van der Waals surface area contributed by atoms with E-state index in [0.29, 0.717) is 5.92 Å². The van der Waals surface area contributed by atoms with Crippen LogP contribution in [0.1, 0.15) is 32.8 Å². The fraction of sp³-hybridized carbons (Fsp3) is 0.632. The van der Waals surface area contributed by atoms with Crippen LogP contribution in [0.5, 0.6) is 0 Å². The molecule has 0 aliphatic carbocycles. The van der Waals surface area contributed by atoms with E-state index in [-0.39, 0.29) is 5.41 Å². The molecule has 0 radical (unpaired) electrons. The van der Waals surface area contributed by atoms with Crippen LogP contribution in [0.25, 0.3) is 0 Å². The summed E-state index contributed by atoms with van der Waals surface area (Å²) in [5.74, 6) is 1.64. The van der Waals surface area contributed by atoms with Crippen molar-refractivity contribution < 1.29 is 4.74 Å². The van der Waals surface area contributed by atoms with Crippen LogP contribution < -0.4 is 5.32 Å². The maximum absolute atomic E-state index is 5.31. The van der Waals surface area contributed by atoms with Crippen LogP contribution in [-0.4, -0.2) is 50.8 Å². The van der Waals surface area contributed by atoms with Gasteiger partial charge in [-0.05, 0) is 31.0 Å². The quantitative estimate of drug-likeness (QED) is 0.589. The van der Waals surface area contributed by atoms with Crippen molar-refractivity contribution in [1.29, 1.82) is 0 Å². The first kappa shape index (κ1) is 19.3. The molecule has 5 heteroatoms. The number of halogens is 1. The topological polar surface area (TPSA) is 36.9 Å². The average Bonchev–Trinajstić information content (AvgIpc) is 3.00. The van der Waals surface area contributed by atoms with Crippen LogP contribution in [-0.2, 0) is 10.2 Å². The molecule has 1 N–H and O–H groups in total. The summed E-state index contributed by atoms with van der Waals surface area (Å²) in [5, 5.41) is 3.45. The van der Waals surface area contributed by atoms with Crippen molar-refractivity contribution in [2.75, 3.05) is 39.9 Å². The highest BCUT2D eigenvalue weighted by molar-refractivity contribution is 9.10. The molecule has 1 unspecified atom stereocenters. The molecule has 1 aromatic carbocycles. The highest BCUT2D eigenvalue weighted by atomic mass is 79.9. The third kappa shape index (κ3) is 5.21. The van der Waals surface area contributed by atoms with Gasteiger partial charge in [0, 0.05) is 42.5 Å². The average molecular weight is 396 g/mol. The molecule has 1 atom stereocenters. The summed E-state index contributed by atoms with van der Waals surface area (Å²) in [6, 6.07) is 8.52. The number of nitrogens with one attached hydrogen (secondary N) is 1. The first-order valence-corrected chi connectivity index (χ1v) is 9.54. The van der Waals surface area contributed by atoms with E-state index in [2.05, 4.69) is 71.2 Å². The van der Waals surface area contributed by atoms with E-state index in [1.807, 2.05) is 0 Å². The summed E-state index contributed by atoms with van der Waals surface area (Å²) in [4.78, 5) is 7.31. The minimum atomic E-state index is -0.00386. The van der Waals surface area contributed by atoms with Crippen molar-refractivity contribution in [3.05, 3.63) is 34.3 Å². The maximum Gasteiger partial charge on any atom is 0.193 e. The Bertz CT molecular complexity index is 559. The third-order valence-corrected chi connectivity index (χ3v) is 5.05. The first-order chi connectivity index (χ1) is 11.5. The number of ether oxygens (including phenoxy) is 1. The molecule has 1 aliphatic heterocycles. The standard InChI is InChI=1S/C19H30BrN3O/c1-5-21-18(23-10-9-15(12-23)13-24-4)22-14-19(2,3)16-7-6-8-17(20)11-16/h6-8,11,15H,5,9-10,12-14H2,1-4H3,(H,21,22). The van der Waals surface area contributed by atoms with E-state index >= 15 is 0 Å². The Morgan fingerprint density at radius 1 is 1.46 bits per heavy atom. The zero-order chi connectivity index (χ0) is 17.6. The van der Waals surface area contributed by atoms with Gasteiger partial charge in [-0.15, -0.1) is 0 Å². The molecule has 0 amide bonds. The third-order valence-electron chi connectivity index (χ3n) is 4.55. The van der Waals surface area contributed by atoms with Crippen LogP contribution in [0.15, 0.2) is 33.7 Å². The second kappa shape index (κ2) is 8.86. The summed E-state index contributed by atoms with van der Waals surface area (Å²) in [7, 11) is 1.78. The number of rotatable bonds is 6. The Balaban J connectivity index is 2.07. The van der Waals surface area contributed by atoms with Gasteiger partial charge in [-0.1, -0.05) is 41.9 Å². The summed E-state index contributed by atoms with van der Waals surface area (Å²) in [6.07, 6.45) is 1.17. The molecule has 0 spiro atoms. The lowest BCUT2D eigenvalue weighted by atomic mass is 9.85. The summed E-state index contributed by atoms with van der Waals surface area (Å²) >= 11 is 3.57. The normalized spacial score (nSPS) is 19.0. The van der Waals surface area contributed by atoms with Gasteiger partial charge in [0.1, 0.15) is 0 Å². The minimum absolute atomic E-state index is 0.00386. The van der Waals surface area contributed by atoms with Gasteiger partial charge in [0.25, 0.3) is 0 Å². The van der Waals surface area contributed by atoms with Crippen molar-refractivity contribution in [3.8, 4) is 0 Å². The van der Waals surface area contributed by atoms with Crippen molar-refractivity contribution in [2.45, 2.75) is 32.6 Å². The fourth-order valence-electron chi connectivity index (χ4n) is 3.10. The van der Waals surface area contributed by atoms with E-state index in [1.54, 1.807) is 7.11 Å². The molecule has 1 saturated heterocycles. The van der Waals surface area contributed by atoms with Crippen molar-refractivity contribution >= 4 is 21.9 Å². The van der Waals surface area contributed by atoms with Gasteiger partial charge in [0.05, 0.1) is 13.2 Å². The Hall–Kier alpha value is -1.07. The summed E-state index contributed by atoms with van der Waals surface area (Å²) in [5.41, 5.74) is 1.30. The lowest BCUT2D eigenvalue weighted by Crippen LogP contribution is -2.41. The predicted molar refractivity (Wildman–Crippen MR) is 105 cm³/mol. The molecule has 24 heavy (non-hydrogen) atoms. The Morgan fingerprint density at radius 2 is 2.25 bits per heavy atom. The molecule has 1 aliphatic rings. The smallest absolute Gasteiger partial charge is 0.193 e. The van der Waals surface area contributed by atoms with E-state index < -0.39 is 0 Å².